The maximum absolute atomic E-state index is 20.1. The molecule has 16 heteroatoms. The number of hydrogen-bond acceptors (Lipinski definition) is 8. The van der Waals surface area contributed by atoms with Crippen molar-refractivity contribution >= 4 is 80.3 Å². The molecule has 0 saturated carbocycles. The van der Waals surface area contributed by atoms with Gasteiger partial charge in [0, 0.05) is 51.3 Å². The summed E-state index contributed by atoms with van der Waals surface area (Å²) in [7, 11) is 3.16. The van der Waals surface area contributed by atoms with Crippen molar-refractivity contribution in [2.75, 3.05) is 24.9 Å². The zero-order valence-electron chi connectivity index (χ0n) is 67.6. The fraction of sp³-hybridized carbons (Fsp3) is 0.255. The summed E-state index contributed by atoms with van der Waals surface area (Å²) in [6.07, 6.45) is 8.85. The molecule has 0 amide bonds. The smallest absolute Gasteiger partial charge is 0.269 e. The number of aryl methyl sites for hydroxylation is 2. The number of nitro groups is 2. The van der Waals surface area contributed by atoms with Crippen LogP contribution in [0.1, 0.15) is 170 Å². The van der Waals surface area contributed by atoms with Crippen molar-refractivity contribution in [2.45, 2.75) is 149 Å². The van der Waals surface area contributed by atoms with Crippen LogP contribution in [-0.2, 0) is 37.6 Å². The van der Waals surface area contributed by atoms with Crippen molar-refractivity contribution in [3.63, 3.8) is 0 Å². The molecule has 2 N–H and O–H groups in total. The minimum Gasteiger partial charge on any atom is -0.497 e. The summed E-state index contributed by atoms with van der Waals surface area (Å²) >= 11 is 38.1. The number of halogens is 6. The van der Waals surface area contributed by atoms with E-state index in [-0.39, 0.29) is 44.5 Å². The number of ether oxygens (including phenoxy) is 2. The lowest BCUT2D eigenvalue weighted by Gasteiger charge is -2.82. The highest BCUT2D eigenvalue weighted by molar-refractivity contribution is 6.41. The fourth-order valence-corrected chi connectivity index (χ4v) is 22.3. The predicted molar refractivity (Wildman–Crippen MR) is 478 cm³/mol. The van der Waals surface area contributed by atoms with E-state index in [9.17, 15) is 33.3 Å². The van der Waals surface area contributed by atoms with Gasteiger partial charge in [-0.2, -0.15) is 0 Å². The minimum atomic E-state index is -2.70. The zero-order valence-corrected chi connectivity index (χ0v) is 70.6. The van der Waals surface area contributed by atoms with Gasteiger partial charge >= 0.3 is 0 Å². The van der Waals surface area contributed by atoms with E-state index in [4.69, 9.17) is 38.4 Å². The second-order valence-corrected chi connectivity index (χ2v) is 34.1. The molecule has 1 aliphatic heterocycles. The van der Waals surface area contributed by atoms with Crippen LogP contribution in [0.3, 0.4) is 0 Å². The Kier molecular flexibility index (Phi) is 24.3. The van der Waals surface area contributed by atoms with Crippen LogP contribution in [0.15, 0.2) is 308 Å². The van der Waals surface area contributed by atoms with Gasteiger partial charge in [0.25, 0.3) is 11.4 Å². The lowest BCUT2D eigenvalue weighted by atomic mass is 9.25. The Balaban J connectivity index is 1.47. The van der Waals surface area contributed by atoms with Gasteiger partial charge in [-0.1, -0.05) is 301 Å². The first kappa shape index (κ1) is 83.6. The first-order valence-corrected chi connectivity index (χ1v) is 41.9. The molecule has 118 heavy (non-hydrogen) atoms. The van der Waals surface area contributed by atoms with E-state index < -0.39 is 64.5 Å². The van der Waals surface area contributed by atoms with Gasteiger partial charge in [0.1, 0.15) is 28.7 Å². The third kappa shape index (κ3) is 13.6. The Morgan fingerprint density at radius 2 is 1.06 bits per heavy atom. The highest BCUT2D eigenvalue weighted by Gasteiger charge is 2.91. The van der Waals surface area contributed by atoms with Gasteiger partial charge in [0.2, 0.25) is 0 Å². The number of non-ortho nitro benzene ring substituents is 2. The number of unbranched alkanes of at least 4 members (excludes halogenated alkanes) is 8. The number of nitro benzene ring substituents is 2. The molecule has 602 valence electrons. The maximum atomic E-state index is 20.1. The number of hydrogen-bond donors (Lipinski definition) is 1. The second-order valence-electron chi connectivity index (χ2n) is 32.3. The summed E-state index contributed by atoms with van der Waals surface area (Å²) in [6.45, 7) is 12.6. The highest BCUT2D eigenvalue weighted by Crippen LogP contribution is 2.86. The predicted octanol–water partition coefficient (Wildman–Crippen LogP) is 27.3. The molecule has 0 spiro atoms. The quantitative estimate of drug-likeness (QED) is 0.0134. The van der Waals surface area contributed by atoms with Crippen molar-refractivity contribution in [1.82, 2.24) is 0 Å². The van der Waals surface area contributed by atoms with Crippen molar-refractivity contribution in [3.05, 3.63) is 423 Å². The number of allylic oxidation sites excluding steroid dienone is 4. The van der Waals surface area contributed by atoms with Crippen LogP contribution in [0.4, 0.5) is 31.5 Å². The van der Waals surface area contributed by atoms with E-state index in [1.165, 1.54) is 36.4 Å². The number of nitrogens with two attached hydrogens (primary N) is 1. The number of rotatable bonds is 27. The Morgan fingerprint density at radius 1 is 0.508 bits per heavy atom. The van der Waals surface area contributed by atoms with E-state index >= 15 is 18.9 Å². The van der Waals surface area contributed by atoms with Crippen LogP contribution in [-0.4, -0.2) is 29.4 Å². The monoisotopic (exact) mass is 1650 g/mol. The molecule has 1 aliphatic carbocycles. The molecular formula is C102H96Cl4F2N4O6. The largest absolute Gasteiger partial charge is 0.497 e. The van der Waals surface area contributed by atoms with E-state index in [0.717, 1.165) is 62.5 Å². The molecule has 14 rings (SSSR count). The van der Waals surface area contributed by atoms with Gasteiger partial charge < -0.3 is 20.1 Å². The van der Waals surface area contributed by atoms with Crippen LogP contribution < -0.4 is 20.1 Å². The Labute approximate surface area is 711 Å². The van der Waals surface area contributed by atoms with Crippen LogP contribution in [0.5, 0.6) is 11.5 Å². The second kappa shape index (κ2) is 34.2. The Hall–Kier alpha value is -10.9. The molecule has 10 nitrogen and oxygen atoms in total. The third-order valence-electron chi connectivity index (χ3n) is 24.8. The Morgan fingerprint density at radius 3 is 1.68 bits per heavy atom. The van der Waals surface area contributed by atoms with Gasteiger partial charge in [-0.05, 0) is 207 Å². The van der Waals surface area contributed by atoms with Crippen LogP contribution in [0.2, 0.25) is 5.02 Å². The van der Waals surface area contributed by atoms with Gasteiger partial charge in [-0.15, -0.1) is 11.6 Å². The molecular weight excluding hydrogens is 1560 g/mol. The van der Waals surface area contributed by atoms with E-state index in [0.29, 0.717) is 96.1 Å². The maximum Gasteiger partial charge on any atom is 0.269 e. The van der Waals surface area contributed by atoms with Gasteiger partial charge in [-0.25, -0.2) is 8.78 Å². The molecule has 1 fully saturated rings. The van der Waals surface area contributed by atoms with Crippen molar-refractivity contribution in [2.24, 2.45) is 0 Å². The highest BCUT2D eigenvalue weighted by atomic mass is 35.5. The molecule has 7 unspecified atom stereocenters. The van der Waals surface area contributed by atoms with Crippen LogP contribution in [0, 0.1) is 45.7 Å². The molecule has 1 saturated heterocycles. The zero-order chi connectivity index (χ0) is 83.5. The van der Waals surface area contributed by atoms with Gasteiger partial charge in [0.15, 0.2) is 5.00 Å². The Bertz CT molecular complexity index is 5730. The van der Waals surface area contributed by atoms with Gasteiger partial charge in [0.05, 0.1) is 51.1 Å². The number of nitrogen functional groups attached to an aromatic ring is 1. The summed E-state index contributed by atoms with van der Waals surface area (Å²) in [5.41, 5.74) is 2.28. The van der Waals surface area contributed by atoms with E-state index in [2.05, 4.69) is 62.9 Å². The van der Waals surface area contributed by atoms with Crippen LogP contribution in [0.25, 0.3) is 11.1 Å². The number of methoxy groups -OCH3 is 2. The lowest BCUT2D eigenvalue weighted by molar-refractivity contribution is -0.385. The normalized spacial score (nSPS) is 21.3. The number of anilines is 2. The number of piperidine rings is 1. The molecule has 0 bridgehead atoms. The molecule has 2 aliphatic rings. The summed E-state index contributed by atoms with van der Waals surface area (Å²) in [5.74, 6) is -0.506. The summed E-state index contributed by atoms with van der Waals surface area (Å²) < 4.78 is 50.9. The summed E-state index contributed by atoms with van der Waals surface area (Å²) in [6, 6.07) is 90.6. The average molecular weight is 1650 g/mol. The standard InChI is InChI=1S/C102H96Cl4F2N4O6/c1-9-10-11-12-13-14-15-16-20-41-89-93(88-40-22-24-43-91(88)108)97(72-32-18-17-19-33-72,95(105)92(94(89)104)70-31-25-29-68(2)64-70)101(90-42-23-21-30-69(90)3)99(74-52-62-86(117-7)63-53-74,78-35-27-38-85(66-78)112(115)116)98(73-48-54-81(107)55-49-73,77-34-26-37-80(103)65-77)100(79-36-28-39-87(67-79)118-8,75-46-44-71(45-47-75)96(4,5)6)110(83-60-56-82(109)57-61-83)102(101,106)76-50-58-84(59-51-76)111(113)114/h17-19,21-40,42-67,95H,9-16,20,41,109H2,1-8H3. The molecule has 7 atom stereocenters. The van der Waals surface area contributed by atoms with Crippen molar-refractivity contribution in [3.8, 4) is 11.5 Å². The molecule has 12 aromatic rings. The molecule has 0 aromatic heterocycles. The van der Waals surface area contributed by atoms with Gasteiger partial charge in [-0.3, -0.25) is 20.2 Å². The minimum absolute atomic E-state index is 0.0827. The van der Waals surface area contributed by atoms with Crippen molar-refractivity contribution < 1.29 is 28.1 Å². The topological polar surface area (TPSA) is 134 Å². The number of benzene rings is 12. The van der Waals surface area contributed by atoms with E-state index in [1.54, 1.807) is 80.9 Å². The third-order valence-corrected chi connectivity index (χ3v) is 26.7. The summed E-state index contributed by atoms with van der Waals surface area (Å²) in [4.78, 5) is 27.6. The summed E-state index contributed by atoms with van der Waals surface area (Å²) in [5, 5.41) is 27.8. The average Bonchev–Trinajstić information content (AvgIpc) is 0.601. The molecule has 0 radical (unpaired) electrons. The van der Waals surface area contributed by atoms with Crippen molar-refractivity contribution in [1.29, 1.82) is 0 Å². The first-order chi connectivity index (χ1) is 56.9. The lowest BCUT2D eigenvalue weighted by Crippen LogP contribution is -2.90. The number of nitrogens with zero attached hydrogens (tertiary/aromatic N) is 3. The SMILES string of the molecule is CCCCCCCCCCCC1=C(c2ccccc2F)C(c2ccccc2)(C2(c3ccccc3C)C(Cl)(c3ccc([N+](=O)[O-])cc3)N(c3ccc(N)cc3)C(c3ccc(C(C)(C)C)cc3)(c3cccc(OC)c3)C(c3ccc(F)cc3)(c3cccc(Cl)c3)C2(c2ccc(OC)cc2)c2cccc([N+](=O)[O-])c2)C(Cl)C(c2cccc(C)c2)=C1Cl. The molecule has 12 aromatic carbocycles. The number of alkyl halides is 2. The fourth-order valence-electron chi connectivity index (χ4n) is 20.3. The van der Waals surface area contributed by atoms with E-state index in [1.807, 2.05) is 178 Å². The van der Waals surface area contributed by atoms with Crippen LogP contribution >= 0.6 is 46.4 Å². The molecule has 1 heterocycles. The first-order valence-electron chi connectivity index (χ1n) is 40.4.